The molecule has 0 aromatic carbocycles. The van der Waals surface area contributed by atoms with Gasteiger partial charge in [-0.1, -0.05) is 27.7 Å². The molecule has 1 amide bonds. The van der Waals surface area contributed by atoms with Crippen molar-refractivity contribution in [2.45, 2.75) is 71.4 Å². The fraction of sp³-hybridized carbons (Fsp3) is 0.947. The summed E-state index contributed by atoms with van der Waals surface area (Å²) < 4.78 is 5.07. The Labute approximate surface area is 147 Å². The number of rotatable bonds is 6. The summed E-state index contributed by atoms with van der Waals surface area (Å²) in [5.41, 5.74) is -0.677. The van der Waals surface area contributed by atoms with Gasteiger partial charge in [-0.05, 0) is 42.9 Å². The number of ether oxygens (including phenoxy) is 1. The minimum Gasteiger partial charge on any atom is -0.383 e. The molecule has 5 heteroatoms. The van der Waals surface area contributed by atoms with Crippen LogP contribution >= 0.6 is 0 Å². The predicted molar refractivity (Wildman–Crippen MR) is 95.8 cm³/mol. The quantitative estimate of drug-likeness (QED) is 0.778. The molecule has 1 atom stereocenters. The van der Waals surface area contributed by atoms with Crippen molar-refractivity contribution in [1.82, 2.24) is 10.2 Å². The Kier molecular flexibility index (Phi) is 5.99. The number of piperidine rings is 1. The first-order valence-electron chi connectivity index (χ1n) is 9.31. The van der Waals surface area contributed by atoms with Crippen molar-refractivity contribution in [2.75, 3.05) is 33.4 Å². The van der Waals surface area contributed by atoms with Gasteiger partial charge in [0.05, 0.1) is 6.61 Å². The van der Waals surface area contributed by atoms with Crippen molar-refractivity contribution in [1.29, 1.82) is 0 Å². The van der Waals surface area contributed by atoms with Crippen LogP contribution in [0, 0.1) is 10.8 Å². The van der Waals surface area contributed by atoms with E-state index in [0.717, 1.165) is 19.3 Å². The molecule has 2 N–H and O–H groups in total. The Morgan fingerprint density at radius 1 is 1.25 bits per heavy atom. The zero-order chi connectivity index (χ0) is 18.0. The molecule has 0 aromatic rings. The summed E-state index contributed by atoms with van der Waals surface area (Å²) in [5.74, 6) is -0.146. The van der Waals surface area contributed by atoms with E-state index in [9.17, 15) is 9.90 Å². The SMILES string of the molecule is COCCN1CCC[C@@](O)(CNC2CC(C)(C)CC(C)(C)C2)C1=O. The number of carbonyl (C=O) groups is 1. The lowest BCUT2D eigenvalue weighted by Crippen LogP contribution is -2.60. The van der Waals surface area contributed by atoms with E-state index in [1.165, 1.54) is 6.42 Å². The first-order chi connectivity index (χ1) is 11.1. The lowest BCUT2D eigenvalue weighted by Gasteiger charge is -2.46. The second-order valence-corrected chi connectivity index (χ2v) is 9.41. The van der Waals surface area contributed by atoms with E-state index in [2.05, 4.69) is 33.0 Å². The highest BCUT2D eigenvalue weighted by Gasteiger charge is 2.44. The van der Waals surface area contributed by atoms with E-state index in [1.54, 1.807) is 12.0 Å². The van der Waals surface area contributed by atoms with Crippen LogP contribution in [0.5, 0.6) is 0 Å². The van der Waals surface area contributed by atoms with Gasteiger partial charge in [-0.25, -0.2) is 0 Å². The Balaban J connectivity index is 1.95. The van der Waals surface area contributed by atoms with E-state index >= 15 is 0 Å². The highest BCUT2D eigenvalue weighted by Crippen LogP contribution is 2.45. The van der Waals surface area contributed by atoms with E-state index in [1.807, 2.05) is 0 Å². The van der Waals surface area contributed by atoms with Crippen LogP contribution in [0.3, 0.4) is 0 Å². The molecule has 2 rings (SSSR count). The summed E-state index contributed by atoms with van der Waals surface area (Å²) in [6.07, 6.45) is 4.78. The molecule has 0 bridgehead atoms. The van der Waals surface area contributed by atoms with Crippen molar-refractivity contribution in [2.24, 2.45) is 10.8 Å². The fourth-order valence-corrected chi connectivity index (χ4v) is 4.95. The molecule has 0 aromatic heterocycles. The van der Waals surface area contributed by atoms with Crippen LogP contribution in [-0.4, -0.2) is 60.9 Å². The molecule has 1 aliphatic heterocycles. The Morgan fingerprint density at radius 3 is 2.46 bits per heavy atom. The molecule has 140 valence electrons. The lowest BCUT2D eigenvalue weighted by molar-refractivity contribution is -0.157. The molecule has 2 fully saturated rings. The first-order valence-corrected chi connectivity index (χ1v) is 9.31. The van der Waals surface area contributed by atoms with Gasteiger partial charge >= 0.3 is 0 Å². The number of carbonyl (C=O) groups excluding carboxylic acids is 1. The third kappa shape index (κ3) is 4.93. The number of amides is 1. The number of aliphatic hydroxyl groups is 1. The Morgan fingerprint density at radius 2 is 1.88 bits per heavy atom. The molecule has 0 radical (unpaired) electrons. The molecule has 5 nitrogen and oxygen atoms in total. The zero-order valence-electron chi connectivity index (χ0n) is 16.2. The van der Waals surface area contributed by atoms with Crippen LogP contribution in [0.2, 0.25) is 0 Å². The second-order valence-electron chi connectivity index (χ2n) is 9.41. The zero-order valence-corrected chi connectivity index (χ0v) is 16.2. The van der Waals surface area contributed by atoms with E-state index in [-0.39, 0.29) is 5.91 Å². The smallest absolute Gasteiger partial charge is 0.255 e. The third-order valence-electron chi connectivity index (χ3n) is 5.51. The normalized spacial score (nSPS) is 30.6. The van der Waals surface area contributed by atoms with Crippen LogP contribution in [0.4, 0.5) is 0 Å². The lowest BCUT2D eigenvalue weighted by atomic mass is 9.63. The average molecular weight is 341 g/mol. The van der Waals surface area contributed by atoms with Crippen molar-refractivity contribution in [3.8, 4) is 0 Å². The fourth-order valence-electron chi connectivity index (χ4n) is 4.95. The van der Waals surface area contributed by atoms with Crippen molar-refractivity contribution in [3.05, 3.63) is 0 Å². The maximum atomic E-state index is 12.7. The third-order valence-corrected chi connectivity index (χ3v) is 5.51. The molecule has 1 aliphatic carbocycles. The van der Waals surface area contributed by atoms with Crippen LogP contribution in [-0.2, 0) is 9.53 Å². The molecular weight excluding hydrogens is 304 g/mol. The van der Waals surface area contributed by atoms with Gasteiger partial charge in [0.15, 0.2) is 5.60 Å². The summed E-state index contributed by atoms with van der Waals surface area (Å²) in [7, 11) is 1.63. The molecule has 1 saturated carbocycles. The summed E-state index contributed by atoms with van der Waals surface area (Å²) in [6, 6.07) is 0.356. The maximum Gasteiger partial charge on any atom is 0.255 e. The highest BCUT2D eigenvalue weighted by molar-refractivity contribution is 5.86. The van der Waals surface area contributed by atoms with Crippen LogP contribution < -0.4 is 5.32 Å². The molecule has 0 spiro atoms. The summed E-state index contributed by atoms with van der Waals surface area (Å²) in [4.78, 5) is 14.4. The molecule has 0 unspecified atom stereocenters. The molecule has 2 aliphatic rings. The Bertz CT molecular complexity index is 434. The van der Waals surface area contributed by atoms with Crippen LogP contribution in [0.25, 0.3) is 0 Å². The van der Waals surface area contributed by atoms with Crippen molar-refractivity contribution >= 4 is 5.91 Å². The minimum atomic E-state index is -1.27. The van der Waals surface area contributed by atoms with Gasteiger partial charge in [-0.15, -0.1) is 0 Å². The van der Waals surface area contributed by atoms with Gasteiger partial charge in [0.25, 0.3) is 5.91 Å². The average Bonchev–Trinajstić information content (AvgIpc) is 2.44. The van der Waals surface area contributed by atoms with Gasteiger partial charge in [0.2, 0.25) is 0 Å². The van der Waals surface area contributed by atoms with Crippen LogP contribution in [0.1, 0.15) is 59.8 Å². The minimum absolute atomic E-state index is 0.146. The maximum absolute atomic E-state index is 12.7. The number of nitrogens with zero attached hydrogens (tertiary/aromatic N) is 1. The van der Waals surface area contributed by atoms with Crippen molar-refractivity contribution < 1.29 is 14.6 Å². The number of methoxy groups -OCH3 is 1. The predicted octanol–water partition coefficient (Wildman–Crippen LogP) is 2.18. The van der Waals surface area contributed by atoms with Gasteiger partial charge in [0, 0.05) is 32.8 Å². The molecule has 24 heavy (non-hydrogen) atoms. The topological polar surface area (TPSA) is 61.8 Å². The molecule has 1 heterocycles. The highest BCUT2D eigenvalue weighted by atomic mass is 16.5. The number of likely N-dealkylation sites (tertiary alicyclic amines) is 1. The monoisotopic (exact) mass is 340 g/mol. The van der Waals surface area contributed by atoms with E-state index < -0.39 is 5.60 Å². The van der Waals surface area contributed by atoms with E-state index in [0.29, 0.717) is 49.5 Å². The number of hydrogen-bond donors (Lipinski definition) is 2. The van der Waals surface area contributed by atoms with Gasteiger partial charge in [-0.3, -0.25) is 4.79 Å². The molecule has 1 saturated heterocycles. The largest absolute Gasteiger partial charge is 0.383 e. The van der Waals surface area contributed by atoms with Gasteiger partial charge in [-0.2, -0.15) is 0 Å². The first kappa shape index (κ1) is 19.7. The standard InChI is InChI=1S/C19H36N2O3/c1-17(2)11-15(12-18(3,4)13-17)20-14-19(23)7-6-8-21(16(19)22)9-10-24-5/h15,20,23H,6-14H2,1-5H3/t19-/m1/s1. The number of hydrogen-bond acceptors (Lipinski definition) is 4. The molecular formula is C19H36N2O3. The van der Waals surface area contributed by atoms with E-state index in [4.69, 9.17) is 4.74 Å². The summed E-state index contributed by atoms with van der Waals surface area (Å²) >= 11 is 0. The second kappa shape index (κ2) is 7.30. The van der Waals surface area contributed by atoms with Crippen molar-refractivity contribution in [3.63, 3.8) is 0 Å². The Hall–Kier alpha value is -0.650. The number of nitrogens with one attached hydrogen (secondary N) is 1. The van der Waals surface area contributed by atoms with Crippen LogP contribution in [0.15, 0.2) is 0 Å². The summed E-state index contributed by atoms with van der Waals surface area (Å²) in [6.45, 7) is 11.4. The van der Waals surface area contributed by atoms with Gasteiger partial charge in [0.1, 0.15) is 0 Å². The summed E-state index contributed by atoms with van der Waals surface area (Å²) in [5, 5.41) is 14.4. The van der Waals surface area contributed by atoms with Gasteiger partial charge < -0.3 is 20.1 Å².